The first-order valence-electron chi connectivity index (χ1n) is 54.3. The fourth-order valence-electron chi connectivity index (χ4n) is 28.2. The Morgan fingerprint density at radius 3 is 0.711 bits per heavy atom. The normalized spacial score (nSPS) is 28.3. The Morgan fingerprint density at radius 2 is 0.472 bits per heavy atom. The van der Waals surface area contributed by atoms with Gasteiger partial charge < -0.3 is 68.3 Å². The highest BCUT2D eigenvalue weighted by Crippen LogP contribution is 2.57. The molecule has 142 heavy (non-hydrogen) atoms. The maximum absolute atomic E-state index is 14.8. The third-order valence-corrected chi connectivity index (χ3v) is 37.4. The lowest BCUT2D eigenvalue weighted by molar-refractivity contribution is 0.0152. The molecule has 16 heterocycles. The first kappa shape index (κ1) is 95.4. The Labute approximate surface area is 831 Å². The van der Waals surface area contributed by atoms with Crippen LogP contribution in [0.2, 0.25) is 0 Å². The van der Waals surface area contributed by atoms with Crippen LogP contribution in [0.5, 0.6) is 0 Å². The van der Waals surface area contributed by atoms with Crippen molar-refractivity contribution >= 4 is 0 Å². The number of nitrogens with zero attached hydrogens (tertiary/aromatic N) is 16. The van der Waals surface area contributed by atoms with E-state index in [4.69, 9.17) is 0 Å². The molecule has 16 aliphatic rings. The van der Waals surface area contributed by atoms with Gasteiger partial charge in [0.2, 0.25) is 0 Å². The SMILES string of the molecule is FC(CC1c2ccccc2-c2cncn21)C1CCCCC1.FC(CC1c2ccccc2-c2cncn21)C1CCCCC1.OC(CC1c2ncccc2-c2cncn21)C1CCC(C2(O)CC2)CC1.OC(CC1c2ncccc2-c2cncn21)C1CCC(C2(O)CC2)CC1.OC(CC1c2ncccc2-c2cncn21)C1CCC(C2(O)CC2)CC1.OC(CC1c2ncccc2-c2cncn21)C1CCC(C2(O)CC2)CC1. The molecule has 0 amide bonds. The number of halogens is 2. The fourth-order valence-corrected chi connectivity index (χ4v) is 28.2. The molecule has 10 saturated carbocycles. The fraction of sp³-hybridized carbons (Fsp3) is 0.569. The van der Waals surface area contributed by atoms with E-state index in [0.717, 1.165) is 259 Å². The number of pyridine rings is 4. The first-order chi connectivity index (χ1) is 69.3. The molecule has 0 spiro atoms. The van der Waals surface area contributed by atoms with Crippen molar-refractivity contribution in [3.8, 4) is 67.5 Å². The van der Waals surface area contributed by atoms with Gasteiger partial charge in [-0.15, -0.1) is 0 Å². The summed E-state index contributed by atoms with van der Waals surface area (Å²) in [5, 5.41) is 84.9. The predicted octanol–water partition coefficient (Wildman–Crippen LogP) is 21.2. The Balaban J connectivity index is 0.0000000949. The zero-order chi connectivity index (χ0) is 96.5. The van der Waals surface area contributed by atoms with Crippen molar-refractivity contribution in [2.75, 3.05) is 0 Å². The summed E-state index contributed by atoms with van der Waals surface area (Å²) in [5.74, 6) is 3.65. The molecule has 0 bridgehead atoms. The van der Waals surface area contributed by atoms with Crippen molar-refractivity contribution in [2.45, 2.75) is 352 Å². The zero-order valence-electron chi connectivity index (χ0n) is 82.0. The number of aliphatic hydroxyl groups excluding tert-OH is 4. The number of aromatic nitrogens is 16. The van der Waals surface area contributed by atoms with Crippen molar-refractivity contribution in [1.82, 2.24) is 77.2 Å². The maximum atomic E-state index is 14.8. The van der Waals surface area contributed by atoms with Crippen LogP contribution in [-0.2, 0) is 0 Å². The molecule has 0 saturated heterocycles. The minimum absolute atomic E-state index is 0.0778. The summed E-state index contributed by atoms with van der Waals surface area (Å²) in [6.07, 6.45) is 66.9. The van der Waals surface area contributed by atoms with Crippen LogP contribution in [0.25, 0.3) is 67.5 Å². The number of hydrogen-bond donors (Lipinski definition) is 8. The highest BCUT2D eigenvalue weighted by atomic mass is 19.1. The van der Waals surface area contributed by atoms with Gasteiger partial charge in [-0.25, -0.2) is 38.7 Å². The van der Waals surface area contributed by atoms with Crippen LogP contribution in [0.3, 0.4) is 0 Å². The van der Waals surface area contributed by atoms with Crippen LogP contribution in [-0.4, -0.2) is 177 Å². The minimum Gasteiger partial charge on any atom is -0.393 e. The van der Waals surface area contributed by atoms with Gasteiger partial charge in [-0.3, -0.25) is 19.9 Å². The lowest BCUT2D eigenvalue weighted by Crippen LogP contribution is -2.32. The van der Waals surface area contributed by atoms with Gasteiger partial charge in [-0.05, 0) is 299 Å². The molecule has 12 aromatic rings. The van der Waals surface area contributed by atoms with Gasteiger partial charge in [0, 0.05) is 96.7 Å². The highest BCUT2D eigenvalue weighted by Gasteiger charge is 2.54. The number of fused-ring (bicyclic) bond motifs is 18. The second kappa shape index (κ2) is 40.3. The average molecular weight is 1930 g/mol. The van der Waals surface area contributed by atoms with Crippen LogP contribution in [0, 0.1) is 59.2 Å². The Bertz CT molecular complexity index is 5660. The van der Waals surface area contributed by atoms with E-state index >= 15 is 0 Å². The van der Waals surface area contributed by atoms with Crippen molar-refractivity contribution in [2.24, 2.45) is 59.2 Å². The van der Waals surface area contributed by atoms with Gasteiger partial charge in [-0.2, -0.15) is 0 Å². The van der Waals surface area contributed by atoms with Crippen LogP contribution in [0.4, 0.5) is 8.78 Å². The van der Waals surface area contributed by atoms with Crippen molar-refractivity contribution in [3.63, 3.8) is 0 Å². The van der Waals surface area contributed by atoms with Gasteiger partial charge in [0.15, 0.2) is 0 Å². The quantitative estimate of drug-likeness (QED) is 0.0312. The van der Waals surface area contributed by atoms with Gasteiger partial charge in [0.1, 0.15) is 12.3 Å². The summed E-state index contributed by atoms with van der Waals surface area (Å²) >= 11 is 0. The Hall–Kier alpha value is -10.2. The van der Waals surface area contributed by atoms with Gasteiger partial charge in [0.25, 0.3) is 0 Å². The second-order valence-electron chi connectivity index (χ2n) is 45.5. The van der Waals surface area contributed by atoms with E-state index < -0.39 is 12.3 Å². The molecule has 0 radical (unpaired) electrons. The molecular formula is C116H142F2N16O8. The number of aliphatic hydroxyl groups is 8. The van der Waals surface area contributed by atoms with E-state index in [0.29, 0.717) is 85.9 Å². The van der Waals surface area contributed by atoms with E-state index in [9.17, 15) is 49.6 Å². The molecular weight excluding hydrogens is 1780 g/mol. The Kier molecular flexibility index (Phi) is 27.1. The van der Waals surface area contributed by atoms with Gasteiger partial charge in [0.05, 0.1) is 215 Å². The van der Waals surface area contributed by atoms with E-state index in [1.807, 2.05) is 136 Å². The Morgan fingerprint density at radius 1 is 0.254 bits per heavy atom. The standard InChI is InChI=1S/4C20H25N3O2.2C18H21FN2/c4*24-18(13-3-5-14(6-4-13)20(25)7-8-20)10-16-19-15(2-1-9-22-19)17-11-21-12-23(16)17;2*19-16(13-6-2-1-3-7-13)10-17-14-8-4-5-9-15(14)18-11-20-12-21(17)18/h4*1-2,9,11-14,16,18,24-25H,3-8,10H2;2*4-5,8-9,11-13,16-17H,1-3,6-7,10H2. The topological polar surface area (TPSA) is 320 Å². The summed E-state index contributed by atoms with van der Waals surface area (Å²) < 4.78 is 42.5. The molecule has 26 heteroatoms. The second-order valence-corrected chi connectivity index (χ2v) is 45.5. The summed E-state index contributed by atoms with van der Waals surface area (Å²) in [6.45, 7) is 0. The van der Waals surface area contributed by atoms with Crippen LogP contribution in [0.1, 0.15) is 327 Å². The third-order valence-electron chi connectivity index (χ3n) is 37.4. The van der Waals surface area contributed by atoms with E-state index in [-0.39, 0.29) is 94.9 Å². The van der Waals surface area contributed by atoms with Crippen molar-refractivity contribution in [3.05, 3.63) is 231 Å². The molecule has 28 rings (SSSR count). The van der Waals surface area contributed by atoms with Gasteiger partial charge >= 0.3 is 0 Å². The number of imidazole rings is 6. The van der Waals surface area contributed by atoms with Crippen molar-refractivity contribution in [1.29, 1.82) is 0 Å². The minimum atomic E-state index is -0.697. The molecule has 10 aromatic heterocycles. The van der Waals surface area contributed by atoms with E-state index in [1.165, 1.54) is 60.8 Å². The number of hydrogen-bond acceptors (Lipinski definition) is 18. The highest BCUT2D eigenvalue weighted by molar-refractivity contribution is 5.72. The average Bonchev–Trinajstić information content (AvgIpc) is 1.61. The summed E-state index contributed by atoms with van der Waals surface area (Å²) in [5.41, 5.74) is 18.9. The van der Waals surface area contributed by atoms with Crippen LogP contribution in [0.15, 0.2) is 197 Å². The molecule has 24 nitrogen and oxygen atoms in total. The predicted molar refractivity (Wildman–Crippen MR) is 539 cm³/mol. The lowest BCUT2D eigenvalue weighted by Gasteiger charge is -2.34. The van der Waals surface area contributed by atoms with E-state index in [2.05, 4.69) is 138 Å². The largest absolute Gasteiger partial charge is 0.393 e. The van der Waals surface area contributed by atoms with Crippen molar-refractivity contribution < 1.29 is 49.6 Å². The molecule has 748 valence electrons. The molecule has 8 N–H and O–H groups in total. The molecule has 12 unspecified atom stereocenters. The molecule has 6 aliphatic heterocycles. The molecule has 12 atom stereocenters. The first-order valence-corrected chi connectivity index (χ1v) is 54.3. The molecule has 10 aliphatic carbocycles. The molecule has 2 aromatic carbocycles. The molecule has 10 fully saturated rings. The summed E-state index contributed by atoms with van der Waals surface area (Å²) in [4.78, 5) is 44.0. The zero-order valence-corrected chi connectivity index (χ0v) is 82.0. The lowest BCUT2D eigenvalue weighted by atomic mass is 9.75. The maximum Gasteiger partial charge on any atom is 0.105 e. The third kappa shape index (κ3) is 19.1. The number of rotatable bonds is 22. The monoisotopic (exact) mass is 1930 g/mol. The van der Waals surface area contributed by atoms with E-state index in [1.54, 1.807) is 0 Å². The number of benzene rings is 2. The smallest absolute Gasteiger partial charge is 0.105 e. The number of alkyl halides is 2. The van der Waals surface area contributed by atoms with Crippen LogP contribution >= 0.6 is 0 Å². The summed E-state index contributed by atoms with van der Waals surface area (Å²) in [6, 6.07) is 33.5. The van der Waals surface area contributed by atoms with Gasteiger partial charge in [-0.1, -0.05) is 87.1 Å². The van der Waals surface area contributed by atoms with Crippen LogP contribution < -0.4 is 0 Å². The summed E-state index contributed by atoms with van der Waals surface area (Å²) in [7, 11) is 0.